The monoisotopic (exact) mass is 305 g/mol. The van der Waals surface area contributed by atoms with E-state index in [9.17, 15) is 4.79 Å². The fourth-order valence-electron chi connectivity index (χ4n) is 2.74. The SMILES string of the molecule is O=C(NCCC1CCCCC1)c1sccc1C#CCCO. The summed E-state index contributed by atoms with van der Waals surface area (Å²) in [7, 11) is 0. The molecule has 4 heteroatoms. The predicted molar refractivity (Wildman–Crippen MR) is 86.4 cm³/mol. The Morgan fingerprint density at radius 3 is 2.95 bits per heavy atom. The molecule has 1 saturated carbocycles. The number of hydrogen-bond acceptors (Lipinski definition) is 3. The molecular formula is C17H23NO2S. The van der Waals surface area contributed by atoms with Gasteiger partial charge >= 0.3 is 0 Å². The molecule has 1 heterocycles. The largest absolute Gasteiger partial charge is 0.395 e. The third-order valence-electron chi connectivity index (χ3n) is 3.89. The predicted octanol–water partition coefficient (Wildman–Crippen LogP) is 3.18. The van der Waals surface area contributed by atoms with Crippen LogP contribution in [0.1, 0.15) is 60.2 Å². The minimum atomic E-state index is -0.0193. The summed E-state index contributed by atoms with van der Waals surface area (Å²) in [5.74, 6) is 6.59. The maximum absolute atomic E-state index is 12.2. The fourth-order valence-corrected chi connectivity index (χ4v) is 3.51. The summed E-state index contributed by atoms with van der Waals surface area (Å²) >= 11 is 1.42. The van der Waals surface area contributed by atoms with Gasteiger partial charge in [0.05, 0.1) is 6.61 Å². The van der Waals surface area contributed by atoms with Crippen molar-refractivity contribution in [3.63, 3.8) is 0 Å². The molecule has 0 atom stereocenters. The number of carbonyl (C=O) groups is 1. The van der Waals surface area contributed by atoms with E-state index in [1.54, 1.807) is 0 Å². The van der Waals surface area contributed by atoms with Gasteiger partial charge in [-0.2, -0.15) is 0 Å². The zero-order valence-corrected chi connectivity index (χ0v) is 13.2. The number of aliphatic hydroxyl groups excluding tert-OH is 1. The Kier molecular flexibility index (Phi) is 6.78. The van der Waals surface area contributed by atoms with E-state index in [0.29, 0.717) is 11.3 Å². The van der Waals surface area contributed by atoms with Gasteiger partial charge in [0.15, 0.2) is 0 Å². The van der Waals surface area contributed by atoms with E-state index in [-0.39, 0.29) is 12.5 Å². The van der Waals surface area contributed by atoms with Crippen LogP contribution in [0.2, 0.25) is 0 Å². The second-order valence-electron chi connectivity index (χ2n) is 5.49. The smallest absolute Gasteiger partial charge is 0.262 e. The average Bonchev–Trinajstić information content (AvgIpc) is 2.97. The van der Waals surface area contributed by atoms with E-state index in [1.807, 2.05) is 11.4 Å². The van der Waals surface area contributed by atoms with Crippen LogP contribution in [0.25, 0.3) is 0 Å². The molecule has 1 aromatic rings. The van der Waals surface area contributed by atoms with E-state index in [2.05, 4.69) is 17.2 Å². The highest BCUT2D eigenvalue weighted by Gasteiger charge is 2.15. The number of carbonyl (C=O) groups excluding carboxylic acids is 1. The van der Waals surface area contributed by atoms with Gasteiger partial charge in [0.1, 0.15) is 4.88 Å². The van der Waals surface area contributed by atoms with E-state index in [1.165, 1.54) is 43.4 Å². The number of hydrogen-bond donors (Lipinski definition) is 2. The number of aliphatic hydroxyl groups is 1. The molecule has 1 amide bonds. The Bertz CT molecular complexity index is 506. The quantitative estimate of drug-likeness (QED) is 0.821. The van der Waals surface area contributed by atoms with Crippen LogP contribution in [-0.2, 0) is 0 Å². The first-order valence-corrected chi connectivity index (χ1v) is 8.64. The lowest BCUT2D eigenvalue weighted by molar-refractivity contribution is 0.0954. The van der Waals surface area contributed by atoms with Crippen molar-refractivity contribution in [2.75, 3.05) is 13.2 Å². The van der Waals surface area contributed by atoms with Crippen LogP contribution in [0.4, 0.5) is 0 Å². The Labute approximate surface area is 130 Å². The molecule has 1 aliphatic carbocycles. The molecule has 1 aliphatic rings. The summed E-state index contributed by atoms with van der Waals surface area (Å²) in [6.07, 6.45) is 8.21. The highest BCUT2D eigenvalue weighted by Crippen LogP contribution is 2.25. The standard InChI is InChI=1S/C17H23NO2S/c19-12-5-4-8-15-10-13-21-16(15)17(20)18-11-9-14-6-2-1-3-7-14/h10,13-14,19H,1-3,5-7,9,11-12H2,(H,18,20). The van der Waals surface area contributed by atoms with Crippen molar-refractivity contribution >= 4 is 17.2 Å². The van der Waals surface area contributed by atoms with Gasteiger partial charge in [-0.05, 0) is 23.8 Å². The Balaban J connectivity index is 1.80. The third kappa shape index (κ3) is 5.18. The molecule has 1 aromatic heterocycles. The van der Waals surface area contributed by atoms with Crippen molar-refractivity contribution in [3.8, 4) is 11.8 Å². The Morgan fingerprint density at radius 1 is 1.38 bits per heavy atom. The fraction of sp³-hybridized carbons (Fsp3) is 0.588. The molecule has 0 radical (unpaired) electrons. The molecule has 0 aromatic carbocycles. The molecule has 114 valence electrons. The first kappa shape index (κ1) is 16.1. The lowest BCUT2D eigenvalue weighted by Gasteiger charge is -2.21. The molecule has 2 rings (SSSR count). The summed E-state index contributed by atoms with van der Waals surface area (Å²) in [6.45, 7) is 0.810. The van der Waals surface area contributed by atoms with Gasteiger partial charge in [-0.25, -0.2) is 0 Å². The molecule has 21 heavy (non-hydrogen) atoms. The van der Waals surface area contributed by atoms with Crippen LogP contribution >= 0.6 is 11.3 Å². The van der Waals surface area contributed by atoms with Gasteiger partial charge in [-0.15, -0.1) is 11.3 Å². The highest BCUT2D eigenvalue weighted by atomic mass is 32.1. The minimum absolute atomic E-state index is 0.0193. The van der Waals surface area contributed by atoms with Gasteiger partial charge in [0, 0.05) is 18.5 Å². The first-order chi connectivity index (χ1) is 10.3. The zero-order valence-electron chi connectivity index (χ0n) is 12.4. The minimum Gasteiger partial charge on any atom is -0.395 e. The first-order valence-electron chi connectivity index (χ1n) is 7.76. The van der Waals surface area contributed by atoms with Crippen molar-refractivity contribution in [2.45, 2.75) is 44.9 Å². The second-order valence-corrected chi connectivity index (χ2v) is 6.40. The van der Waals surface area contributed by atoms with Crippen molar-refractivity contribution in [1.82, 2.24) is 5.32 Å². The van der Waals surface area contributed by atoms with Crippen LogP contribution in [0.5, 0.6) is 0 Å². The lowest BCUT2D eigenvalue weighted by Crippen LogP contribution is -2.26. The van der Waals surface area contributed by atoms with Crippen molar-refractivity contribution in [2.24, 2.45) is 5.92 Å². The zero-order chi connectivity index (χ0) is 14.9. The molecule has 0 unspecified atom stereocenters. The van der Waals surface area contributed by atoms with Crippen molar-refractivity contribution < 1.29 is 9.90 Å². The van der Waals surface area contributed by atoms with E-state index >= 15 is 0 Å². The maximum atomic E-state index is 12.2. The Hall–Kier alpha value is -1.31. The van der Waals surface area contributed by atoms with E-state index < -0.39 is 0 Å². The highest BCUT2D eigenvalue weighted by molar-refractivity contribution is 7.12. The Morgan fingerprint density at radius 2 is 2.19 bits per heavy atom. The molecule has 1 fully saturated rings. The van der Waals surface area contributed by atoms with Gasteiger partial charge < -0.3 is 10.4 Å². The molecule has 0 aliphatic heterocycles. The average molecular weight is 305 g/mol. The van der Waals surface area contributed by atoms with Crippen molar-refractivity contribution in [1.29, 1.82) is 0 Å². The lowest BCUT2D eigenvalue weighted by atomic mass is 9.87. The third-order valence-corrected chi connectivity index (χ3v) is 4.81. The van der Waals surface area contributed by atoms with Crippen LogP contribution in [0.15, 0.2) is 11.4 Å². The number of thiophene rings is 1. The number of nitrogens with one attached hydrogen (secondary N) is 1. The molecular weight excluding hydrogens is 282 g/mol. The topological polar surface area (TPSA) is 49.3 Å². The van der Waals surface area contributed by atoms with Crippen LogP contribution in [-0.4, -0.2) is 24.2 Å². The molecule has 3 nitrogen and oxygen atoms in total. The van der Waals surface area contributed by atoms with Crippen LogP contribution in [0, 0.1) is 17.8 Å². The van der Waals surface area contributed by atoms with Crippen molar-refractivity contribution in [3.05, 3.63) is 21.9 Å². The van der Waals surface area contributed by atoms with Crippen LogP contribution < -0.4 is 5.32 Å². The summed E-state index contributed by atoms with van der Waals surface area (Å²) in [6, 6.07) is 1.87. The van der Waals surface area contributed by atoms with E-state index in [0.717, 1.165) is 24.4 Å². The molecule has 2 N–H and O–H groups in total. The summed E-state index contributed by atoms with van der Waals surface area (Å²) < 4.78 is 0. The summed E-state index contributed by atoms with van der Waals surface area (Å²) in [5.41, 5.74) is 0.767. The summed E-state index contributed by atoms with van der Waals surface area (Å²) in [4.78, 5) is 12.9. The number of rotatable bonds is 5. The molecule has 0 spiro atoms. The summed E-state index contributed by atoms with van der Waals surface area (Å²) in [5, 5.41) is 13.6. The molecule has 0 bridgehead atoms. The van der Waals surface area contributed by atoms with Crippen LogP contribution in [0.3, 0.4) is 0 Å². The maximum Gasteiger partial charge on any atom is 0.262 e. The van der Waals surface area contributed by atoms with Gasteiger partial charge in [-0.1, -0.05) is 43.9 Å². The van der Waals surface area contributed by atoms with Gasteiger partial charge in [0.2, 0.25) is 0 Å². The second kappa shape index (κ2) is 8.86. The van der Waals surface area contributed by atoms with Gasteiger partial charge in [0.25, 0.3) is 5.91 Å². The molecule has 0 saturated heterocycles. The van der Waals surface area contributed by atoms with Gasteiger partial charge in [-0.3, -0.25) is 4.79 Å². The van der Waals surface area contributed by atoms with E-state index in [4.69, 9.17) is 5.11 Å². The normalized spacial score (nSPS) is 15.3. The number of amides is 1.